The minimum atomic E-state index is -0.359. The van der Waals surface area contributed by atoms with E-state index in [4.69, 9.17) is 4.74 Å². The van der Waals surface area contributed by atoms with Crippen LogP contribution < -0.4 is 5.32 Å². The molecule has 0 spiro atoms. The Balaban J connectivity index is 2.59. The molecule has 110 valence electrons. The molecule has 1 rings (SSSR count). The van der Waals surface area contributed by atoms with Crippen molar-refractivity contribution in [1.82, 2.24) is 10.2 Å². The number of carbonyl (C=O) groups excluding carboxylic acids is 2. The van der Waals surface area contributed by atoms with Crippen molar-refractivity contribution < 1.29 is 14.3 Å². The highest BCUT2D eigenvalue weighted by Gasteiger charge is 2.32. The predicted octanol–water partition coefficient (Wildman–Crippen LogP) is 1.18. The van der Waals surface area contributed by atoms with Crippen molar-refractivity contribution in [3.8, 4) is 0 Å². The average Bonchev–Trinajstić information content (AvgIpc) is 2.55. The molecule has 0 saturated carbocycles. The van der Waals surface area contributed by atoms with Crippen molar-refractivity contribution in [3.05, 3.63) is 0 Å². The summed E-state index contributed by atoms with van der Waals surface area (Å²) in [6, 6.07) is -0.359. The van der Waals surface area contributed by atoms with E-state index in [2.05, 4.69) is 5.32 Å². The average molecular weight is 270 g/mol. The van der Waals surface area contributed by atoms with E-state index in [9.17, 15) is 9.59 Å². The Morgan fingerprint density at radius 2 is 2.16 bits per heavy atom. The summed E-state index contributed by atoms with van der Waals surface area (Å²) in [6.45, 7) is 6.01. The molecular formula is C14H26N2O3. The van der Waals surface area contributed by atoms with Gasteiger partial charge in [-0.25, -0.2) is 0 Å². The molecule has 1 fully saturated rings. The molecule has 1 aliphatic rings. The number of hydrogen-bond donors (Lipinski definition) is 1. The fourth-order valence-corrected chi connectivity index (χ4v) is 2.24. The third-order valence-corrected chi connectivity index (χ3v) is 3.74. The van der Waals surface area contributed by atoms with Crippen LogP contribution in [0.25, 0.3) is 0 Å². The monoisotopic (exact) mass is 270 g/mol. The third-order valence-electron chi connectivity index (χ3n) is 3.74. The Hall–Kier alpha value is -1.10. The van der Waals surface area contributed by atoms with Gasteiger partial charge in [-0.3, -0.25) is 9.59 Å². The van der Waals surface area contributed by atoms with Crippen LogP contribution in [0.1, 0.15) is 39.5 Å². The third kappa shape index (κ3) is 4.82. The molecule has 1 aliphatic heterocycles. The SMILES string of the molecule is CCC(C)C1NC(=O)CCN(CCCCOC)C1=O. The molecule has 0 radical (unpaired) electrons. The summed E-state index contributed by atoms with van der Waals surface area (Å²) < 4.78 is 5.01. The molecule has 2 atom stereocenters. The molecule has 2 unspecified atom stereocenters. The highest BCUT2D eigenvalue weighted by Crippen LogP contribution is 2.14. The lowest BCUT2D eigenvalue weighted by Crippen LogP contribution is -2.48. The number of nitrogens with zero attached hydrogens (tertiary/aromatic N) is 1. The Morgan fingerprint density at radius 1 is 1.42 bits per heavy atom. The van der Waals surface area contributed by atoms with Crippen LogP contribution in [0.3, 0.4) is 0 Å². The van der Waals surface area contributed by atoms with Gasteiger partial charge in [-0.1, -0.05) is 20.3 Å². The lowest BCUT2D eigenvalue weighted by Gasteiger charge is -2.27. The van der Waals surface area contributed by atoms with E-state index < -0.39 is 0 Å². The summed E-state index contributed by atoms with van der Waals surface area (Å²) in [7, 11) is 1.68. The zero-order chi connectivity index (χ0) is 14.3. The van der Waals surface area contributed by atoms with Crippen LogP contribution in [0.4, 0.5) is 0 Å². The highest BCUT2D eigenvalue weighted by molar-refractivity contribution is 5.90. The van der Waals surface area contributed by atoms with E-state index in [1.165, 1.54) is 0 Å². The van der Waals surface area contributed by atoms with Crippen LogP contribution in [0.5, 0.6) is 0 Å². The molecule has 0 aromatic carbocycles. The maximum absolute atomic E-state index is 12.4. The Bertz CT molecular complexity index is 307. The second kappa shape index (κ2) is 8.15. The molecule has 5 nitrogen and oxygen atoms in total. The molecule has 1 heterocycles. The summed E-state index contributed by atoms with van der Waals surface area (Å²) in [5.41, 5.74) is 0. The summed E-state index contributed by atoms with van der Waals surface area (Å²) in [4.78, 5) is 25.9. The minimum absolute atomic E-state index is 0.0157. The number of ether oxygens (including phenoxy) is 1. The van der Waals surface area contributed by atoms with Gasteiger partial charge in [-0.15, -0.1) is 0 Å². The molecule has 1 N–H and O–H groups in total. The van der Waals surface area contributed by atoms with E-state index in [0.29, 0.717) is 26.1 Å². The Labute approximate surface area is 115 Å². The van der Waals surface area contributed by atoms with E-state index >= 15 is 0 Å². The zero-order valence-electron chi connectivity index (χ0n) is 12.3. The van der Waals surface area contributed by atoms with Crippen molar-refractivity contribution in [2.24, 2.45) is 5.92 Å². The van der Waals surface area contributed by atoms with E-state index in [0.717, 1.165) is 19.3 Å². The lowest BCUT2D eigenvalue weighted by molar-refractivity contribution is -0.135. The summed E-state index contributed by atoms with van der Waals surface area (Å²) >= 11 is 0. The fraction of sp³-hybridized carbons (Fsp3) is 0.857. The molecule has 5 heteroatoms. The van der Waals surface area contributed by atoms with Crippen LogP contribution in [0.2, 0.25) is 0 Å². The van der Waals surface area contributed by atoms with Gasteiger partial charge in [-0.05, 0) is 18.8 Å². The maximum atomic E-state index is 12.4. The number of unbranched alkanes of at least 4 members (excludes halogenated alkanes) is 1. The van der Waals surface area contributed by atoms with Crippen LogP contribution in [-0.2, 0) is 14.3 Å². The van der Waals surface area contributed by atoms with Crippen molar-refractivity contribution in [1.29, 1.82) is 0 Å². The minimum Gasteiger partial charge on any atom is -0.385 e. The molecule has 2 amide bonds. The largest absolute Gasteiger partial charge is 0.385 e. The fourth-order valence-electron chi connectivity index (χ4n) is 2.24. The summed E-state index contributed by atoms with van der Waals surface area (Å²) in [5.74, 6) is 0.228. The smallest absolute Gasteiger partial charge is 0.245 e. The first kappa shape index (κ1) is 16.0. The molecule has 1 saturated heterocycles. The summed E-state index contributed by atoms with van der Waals surface area (Å²) in [5, 5.41) is 2.86. The Morgan fingerprint density at radius 3 is 2.79 bits per heavy atom. The van der Waals surface area contributed by atoms with Gasteiger partial charge in [0, 0.05) is 33.2 Å². The van der Waals surface area contributed by atoms with Gasteiger partial charge in [0.05, 0.1) is 0 Å². The van der Waals surface area contributed by atoms with Crippen molar-refractivity contribution >= 4 is 11.8 Å². The van der Waals surface area contributed by atoms with Crippen molar-refractivity contribution in [3.63, 3.8) is 0 Å². The molecule has 0 bridgehead atoms. The van der Waals surface area contributed by atoms with E-state index in [1.807, 2.05) is 18.7 Å². The van der Waals surface area contributed by atoms with Gasteiger partial charge in [0.25, 0.3) is 0 Å². The number of amides is 2. The predicted molar refractivity (Wildman–Crippen MR) is 73.7 cm³/mol. The van der Waals surface area contributed by atoms with Gasteiger partial charge in [0.1, 0.15) is 6.04 Å². The van der Waals surface area contributed by atoms with Gasteiger partial charge in [-0.2, -0.15) is 0 Å². The van der Waals surface area contributed by atoms with Gasteiger partial charge in [0.15, 0.2) is 0 Å². The Kier molecular flexibility index (Phi) is 6.84. The number of nitrogens with one attached hydrogen (secondary N) is 1. The maximum Gasteiger partial charge on any atom is 0.245 e. The first-order valence-electron chi connectivity index (χ1n) is 7.17. The number of rotatable bonds is 7. The number of methoxy groups -OCH3 is 1. The van der Waals surface area contributed by atoms with Gasteiger partial charge < -0.3 is 15.0 Å². The van der Waals surface area contributed by atoms with Gasteiger partial charge >= 0.3 is 0 Å². The van der Waals surface area contributed by atoms with Crippen LogP contribution in [-0.4, -0.2) is 49.6 Å². The topological polar surface area (TPSA) is 58.6 Å². The van der Waals surface area contributed by atoms with Crippen LogP contribution in [0, 0.1) is 5.92 Å². The normalized spacial score (nSPS) is 22.1. The second-order valence-electron chi connectivity index (χ2n) is 5.21. The molecule has 0 aromatic rings. The lowest BCUT2D eigenvalue weighted by atomic mass is 9.98. The van der Waals surface area contributed by atoms with E-state index in [-0.39, 0.29) is 23.8 Å². The first-order valence-corrected chi connectivity index (χ1v) is 7.17. The van der Waals surface area contributed by atoms with Gasteiger partial charge in [0.2, 0.25) is 11.8 Å². The summed E-state index contributed by atoms with van der Waals surface area (Å²) in [6.07, 6.45) is 3.15. The van der Waals surface area contributed by atoms with E-state index in [1.54, 1.807) is 7.11 Å². The zero-order valence-corrected chi connectivity index (χ0v) is 12.3. The van der Waals surface area contributed by atoms with Crippen molar-refractivity contribution in [2.45, 2.75) is 45.6 Å². The molecular weight excluding hydrogens is 244 g/mol. The standard InChI is InChI=1S/C14H26N2O3/c1-4-11(2)13-14(18)16(8-5-6-10-19-3)9-7-12(17)15-13/h11,13H,4-10H2,1-3H3,(H,15,17). The van der Waals surface area contributed by atoms with Crippen LogP contribution >= 0.6 is 0 Å². The molecule has 0 aliphatic carbocycles. The second-order valence-corrected chi connectivity index (χ2v) is 5.21. The molecule has 0 aromatic heterocycles. The number of hydrogen-bond acceptors (Lipinski definition) is 3. The first-order chi connectivity index (χ1) is 9.10. The van der Waals surface area contributed by atoms with Crippen molar-refractivity contribution in [2.75, 3.05) is 26.8 Å². The number of carbonyl (C=O) groups is 2. The molecule has 19 heavy (non-hydrogen) atoms. The quantitative estimate of drug-likeness (QED) is 0.707. The highest BCUT2D eigenvalue weighted by atomic mass is 16.5. The van der Waals surface area contributed by atoms with Crippen LogP contribution in [0.15, 0.2) is 0 Å².